The second-order valence-corrected chi connectivity index (χ2v) is 8.51. The highest BCUT2D eigenvalue weighted by atomic mass is 32.2. The van der Waals surface area contributed by atoms with Crippen LogP contribution in [0.4, 0.5) is 0 Å². The molecule has 1 fully saturated rings. The zero-order chi connectivity index (χ0) is 18.3. The highest BCUT2D eigenvalue weighted by molar-refractivity contribution is 7.89. The quantitative estimate of drug-likeness (QED) is 0.349. The number of sulfonamides is 1. The maximum Gasteiger partial charge on any atom is 0.242 e. The topological polar surface area (TPSA) is 87.5 Å². The van der Waals surface area contributed by atoms with Gasteiger partial charge in [-0.2, -0.15) is 0 Å². The predicted octanol–water partition coefficient (Wildman–Crippen LogP) is 1.44. The lowest BCUT2D eigenvalue weighted by atomic mass is 9.67. The van der Waals surface area contributed by atoms with Gasteiger partial charge in [0.2, 0.25) is 10.0 Å². The van der Waals surface area contributed by atoms with Crippen LogP contribution in [0.15, 0.2) is 28.3 Å². The van der Waals surface area contributed by atoms with Crippen molar-refractivity contribution in [2.24, 2.45) is 17.5 Å². The molecule has 7 nitrogen and oxygen atoms in total. The molecule has 3 N–H and O–H groups in total. The smallest absolute Gasteiger partial charge is 0.242 e. The Kier molecular flexibility index (Phi) is 6.89. The third-order valence-electron chi connectivity index (χ3n) is 4.91. The van der Waals surface area contributed by atoms with E-state index in [4.69, 9.17) is 0 Å². The Morgan fingerprint density at radius 2 is 2.04 bits per heavy atom. The Hall–Kier alpha value is -1.54. The summed E-state index contributed by atoms with van der Waals surface area (Å²) in [6.45, 7) is 6.65. The van der Waals surface area contributed by atoms with Gasteiger partial charge in [0.1, 0.15) is 0 Å². The van der Waals surface area contributed by atoms with Crippen LogP contribution in [0.1, 0.15) is 39.5 Å². The number of nitrogens with zero attached hydrogens (tertiary/aromatic N) is 2. The Morgan fingerprint density at radius 3 is 2.56 bits per heavy atom. The molecular weight excluding hydrogens is 338 g/mol. The summed E-state index contributed by atoms with van der Waals surface area (Å²) in [7, 11) is -1.66. The lowest BCUT2D eigenvalue weighted by Gasteiger charge is -2.40. The molecule has 0 saturated heterocycles. The summed E-state index contributed by atoms with van der Waals surface area (Å²) >= 11 is 0. The average Bonchev–Trinajstić information content (AvgIpc) is 2.98. The molecule has 8 heteroatoms. The first-order valence-corrected chi connectivity index (χ1v) is 10.5. The molecule has 1 aromatic heterocycles. The number of aryl methyl sites for hydroxylation is 1. The van der Waals surface area contributed by atoms with E-state index in [-0.39, 0.29) is 4.90 Å². The van der Waals surface area contributed by atoms with Gasteiger partial charge in [0, 0.05) is 45.6 Å². The number of aromatic nitrogens is 1. The number of guanidine groups is 1. The second-order valence-electron chi connectivity index (χ2n) is 6.74. The second kappa shape index (κ2) is 8.71. The molecule has 25 heavy (non-hydrogen) atoms. The summed E-state index contributed by atoms with van der Waals surface area (Å²) in [5, 5.41) is 6.42. The summed E-state index contributed by atoms with van der Waals surface area (Å²) in [6, 6.07) is 1.59. The van der Waals surface area contributed by atoms with E-state index in [0.717, 1.165) is 25.5 Å². The van der Waals surface area contributed by atoms with Gasteiger partial charge in [-0.05, 0) is 37.7 Å². The minimum Gasteiger partial charge on any atom is -0.357 e. The van der Waals surface area contributed by atoms with Crippen molar-refractivity contribution in [3.8, 4) is 0 Å². The minimum absolute atomic E-state index is 0.283. The molecule has 0 spiro atoms. The third kappa shape index (κ3) is 5.47. The summed E-state index contributed by atoms with van der Waals surface area (Å²) in [4.78, 5) is 4.97. The fourth-order valence-corrected chi connectivity index (χ4v) is 4.06. The Bertz CT molecular complexity index is 671. The summed E-state index contributed by atoms with van der Waals surface area (Å²) < 4.78 is 28.6. The molecule has 142 valence electrons. The monoisotopic (exact) mass is 369 g/mol. The first-order valence-electron chi connectivity index (χ1n) is 9.04. The molecule has 2 rings (SSSR count). The van der Waals surface area contributed by atoms with Crippen LogP contribution >= 0.6 is 0 Å². The zero-order valence-electron chi connectivity index (χ0n) is 15.5. The van der Waals surface area contributed by atoms with E-state index in [0.29, 0.717) is 18.5 Å². The van der Waals surface area contributed by atoms with Gasteiger partial charge in [0.05, 0.1) is 4.90 Å². The number of nitrogens with one attached hydrogen (secondary N) is 3. The van der Waals surface area contributed by atoms with E-state index < -0.39 is 10.0 Å². The maximum atomic E-state index is 12.2. The van der Waals surface area contributed by atoms with Crippen molar-refractivity contribution >= 4 is 16.0 Å². The van der Waals surface area contributed by atoms with Gasteiger partial charge in [-0.1, -0.05) is 13.3 Å². The van der Waals surface area contributed by atoms with E-state index in [1.54, 1.807) is 30.1 Å². The van der Waals surface area contributed by atoms with Crippen LogP contribution < -0.4 is 15.4 Å². The molecule has 0 bridgehead atoms. The molecule has 0 unspecified atom stereocenters. The number of aliphatic imine (C=N–C) groups is 1. The molecule has 0 amide bonds. The van der Waals surface area contributed by atoms with Crippen LogP contribution in [0.3, 0.4) is 0 Å². The average molecular weight is 370 g/mol. The normalized spacial score (nSPS) is 17.2. The van der Waals surface area contributed by atoms with Gasteiger partial charge >= 0.3 is 0 Å². The highest BCUT2D eigenvalue weighted by Gasteiger charge is 2.34. The lowest BCUT2D eigenvalue weighted by molar-refractivity contribution is 0.139. The number of hydrogen-bond donors (Lipinski definition) is 3. The fraction of sp³-hybridized carbons (Fsp3) is 0.706. The number of hydrogen-bond acceptors (Lipinski definition) is 3. The van der Waals surface area contributed by atoms with Crippen LogP contribution in [0.2, 0.25) is 0 Å². The Labute approximate surface area is 151 Å². The Morgan fingerprint density at radius 1 is 1.28 bits per heavy atom. The molecule has 1 heterocycles. The molecule has 1 aromatic rings. The third-order valence-corrected chi connectivity index (χ3v) is 6.35. The van der Waals surface area contributed by atoms with E-state index in [1.807, 2.05) is 6.92 Å². The standard InChI is InChI=1S/C17H31N5O2S/c1-4-17(8-6-9-17)14-20-16(18-5-2)19-10-11-21-25(23,24)15-7-12-22(3)13-15/h7,12-13,21H,4-6,8-11,14H2,1-3H3,(H2,18,19,20). The highest BCUT2D eigenvalue weighted by Crippen LogP contribution is 2.43. The van der Waals surface area contributed by atoms with Crippen molar-refractivity contribution in [1.29, 1.82) is 0 Å². The first kappa shape index (κ1) is 19.8. The van der Waals surface area contributed by atoms with E-state index in [9.17, 15) is 8.42 Å². The van der Waals surface area contributed by atoms with E-state index in [1.165, 1.54) is 19.3 Å². The first-order chi connectivity index (χ1) is 11.9. The van der Waals surface area contributed by atoms with Crippen LogP contribution in [0.5, 0.6) is 0 Å². The molecular formula is C17H31N5O2S. The van der Waals surface area contributed by atoms with Crippen LogP contribution in [-0.4, -0.2) is 45.1 Å². The van der Waals surface area contributed by atoms with Crippen molar-refractivity contribution in [2.75, 3.05) is 26.2 Å². The van der Waals surface area contributed by atoms with Crippen LogP contribution in [-0.2, 0) is 17.1 Å². The van der Waals surface area contributed by atoms with Crippen molar-refractivity contribution in [3.63, 3.8) is 0 Å². The number of rotatable bonds is 9. The summed E-state index contributed by atoms with van der Waals surface area (Å²) in [5.74, 6) is 0.751. The summed E-state index contributed by atoms with van der Waals surface area (Å²) in [5.41, 5.74) is 0.372. The molecule has 0 aliphatic heterocycles. The van der Waals surface area contributed by atoms with Crippen molar-refractivity contribution < 1.29 is 8.42 Å². The molecule has 0 radical (unpaired) electrons. The van der Waals surface area contributed by atoms with Gasteiger partial charge in [0.25, 0.3) is 0 Å². The molecule has 0 atom stereocenters. The van der Waals surface area contributed by atoms with Gasteiger partial charge in [-0.15, -0.1) is 0 Å². The largest absolute Gasteiger partial charge is 0.357 e. The predicted molar refractivity (Wildman–Crippen MR) is 101 cm³/mol. The minimum atomic E-state index is -3.46. The van der Waals surface area contributed by atoms with Crippen molar-refractivity contribution in [1.82, 2.24) is 19.9 Å². The van der Waals surface area contributed by atoms with Crippen LogP contribution in [0.25, 0.3) is 0 Å². The lowest BCUT2D eigenvalue weighted by Crippen LogP contribution is -2.42. The molecule has 1 saturated carbocycles. The van der Waals surface area contributed by atoms with Crippen molar-refractivity contribution in [3.05, 3.63) is 18.5 Å². The summed E-state index contributed by atoms with van der Waals surface area (Å²) in [6.07, 6.45) is 8.27. The molecule has 1 aliphatic rings. The van der Waals surface area contributed by atoms with E-state index >= 15 is 0 Å². The molecule has 0 aromatic carbocycles. The van der Waals surface area contributed by atoms with Gasteiger partial charge in [-0.25, -0.2) is 13.1 Å². The SMILES string of the molecule is CCNC(=NCC1(CC)CCC1)NCCNS(=O)(=O)c1ccn(C)c1. The van der Waals surface area contributed by atoms with Gasteiger partial charge < -0.3 is 15.2 Å². The maximum absolute atomic E-state index is 12.2. The van der Waals surface area contributed by atoms with Gasteiger partial charge in [-0.3, -0.25) is 4.99 Å². The van der Waals surface area contributed by atoms with E-state index in [2.05, 4.69) is 27.3 Å². The van der Waals surface area contributed by atoms with Crippen molar-refractivity contribution in [2.45, 2.75) is 44.4 Å². The van der Waals surface area contributed by atoms with Gasteiger partial charge in [0.15, 0.2) is 5.96 Å². The molecule has 1 aliphatic carbocycles. The fourth-order valence-electron chi connectivity index (χ4n) is 2.98. The Balaban J connectivity index is 1.81. The van der Waals surface area contributed by atoms with Crippen LogP contribution in [0, 0.1) is 5.41 Å². The zero-order valence-corrected chi connectivity index (χ0v) is 16.3.